The zero-order valence-corrected chi connectivity index (χ0v) is 15.9. The second kappa shape index (κ2) is 7.81. The predicted molar refractivity (Wildman–Crippen MR) is 103 cm³/mol. The van der Waals surface area contributed by atoms with Crippen LogP contribution in [-0.4, -0.2) is 41.7 Å². The van der Waals surface area contributed by atoms with Gasteiger partial charge in [-0.25, -0.2) is 0 Å². The van der Waals surface area contributed by atoms with Crippen molar-refractivity contribution in [3.05, 3.63) is 47.7 Å². The highest BCUT2D eigenvalue weighted by Gasteiger charge is 2.33. The van der Waals surface area contributed by atoms with E-state index < -0.39 is 6.10 Å². The number of hydrogen-bond acceptors (Lipinski definition) is 7. The van der Waals surface area contributed by atoms with Crippen LogP contribution in [-0.2, 0) is 16.0 Å². The summed E-state index contributed by atoms with van der Waals surface area (Å²) in [6.45, 7) is 0.153. The zero-order valence-electron chi connectivity index (χ0n) is 15.1. The first kappa shape index (κ1) is 18.2. The number of thiophene rings is 1. The fourth-order valence-electron chi connectivity index (χ4n) is 2.98. The molecule has 28 heavy (non-hydrogen) atoms. The van der Waals surface area contributed by atoms with Gasteiger partial charge in [0.15, 0.2) is 6.10 Å². The molecule has 3 aromatic rings. The number of aromatic nitrogens is 2. The molecule has 0 saturated heterocycles. The highest BCUT2D eigenvalue weighted by atomic mass is 32.1. The normalized spacial score (nSPS) is 15.6. The Labute approximate surface area is 165 Å². The summed E-state index contributed by atoms with van der Waals surface area (Å²) in [7, 11) is 1.54. The maximum absolute atomic E-state index is 12.9. The summed E-state index contributed by atoms with van der Waals surface area (Å²) in [5.74, 6) is 1.02. The third kappa shape index (κ3) is 3.61. The summed E-state index contributed by atoms with van der Waals surface area (Å²) < 4.78 is 11.0. The molecule has 1 N–H and O–H groups in total. The highest BCUT2D eigenvalue weighted by Crippen LogP contribution is 2.33. The van der Waals surface area contributed by atoms with E-state index in [4.69, 9.17) is 9.26 Å². The van der Waals surface area contributed by atoms with Crippen LogP contribution in [0.25, 0.3) is 10.7 Å². The van der Waals surface area contributed by atoms with Gasteiger partial charge in [-0.3, -0.25) is 9.59 Å². The smallest absolute Gasteiger partial charge is 0.262 e. The van der Waals surface area contributed by atoms with Gasteiger partial charge >= 0.3 is 0 Å². The first-order chi connectivity index (χ1) is 13.7. The van der Waals surface area contributed by atoms with E-state index in [1.807, 2.05) is 23.6 Å². The molecule has 0 aliphatic carbocycles. The number of anilines is 1. The maximum atomic E-state index is 12.9. The molecule has 1 aliphatic rings. The maximum Gasteiger partial charge on any atom is 0.262 e. The van der Waals surface area contributed by atoms with E-state index in [0.29, 0.717) is 29.6 Å². The summed E-state index contributed by atoms with van der Waals surface area (Å²) >= 11 is 1.52. The van der Waals surface area contributed by atoms with Crippen LogP contribution in [0.4, 0.5) is 5.69 Å². The van der Waals surface area contributed by atoms with Crippen LogP contribution in [0.5, 0.6) is 5.75 Å². The molecule has 0 spiro atoms. The van der Waals surface area contributed by atoms with E-state index in [2.05, 4.69) is 15.5 Å². The number of aryl methyl sites for hydroxylation is 1. The molecule has 8 nitrogen and oxygen atoms in total. The molecule has 0 saturated carbocycles. The van der Waals surface area contributed by atoms with Crippen molar-refractivity contribution in [3.8, 4) is 16.5 Å². The lowest BCUT2D eigenvalue weighted by Crippen LogP contribution is -2.50. The standard InChI is InChI=1S/C19H18N4O4S/c1-20-19(25)14-11-23(12-5-2-3-6-13(12)26-14)17(24)9-8-16-21-18(22-27-16)15-7-4-10-28-15/h2-7,10,14H,8-9,11H2,1H3,(H,20,25)/t14-/m0/s1. The van der Waals surface area contributed by atoms with E-state index in [0.717, 1.165) is 4.88 Å². The Hall–Kier alpha value is -3.20. The van der Waals surface area contributed by atoms with Crippen molar-refractivity contribution >= 4 is 28.8 Å². The third-order valence-corrected chi connectivity index (χ3v) is 5.24. The molecule has 144 valence electrons. The van der Waals surface area contributed by atoms with Gasteiger partial charge in [0.05, 0.1) is 17.1 Å². The second-order valence-electron chi connectivity index (χ2n) is 6.18. The Morgan fingerprint density at radius 1 is 1.29 bits per heavy atom. The average Bonchev–Trinajstić information content (AvgIpc) is 3.42. The molecule has 0 unspecified atom stereocenters. The number of benzene rings is 1. The molecular formula is C19H18N4O4S. The summed E-state index contributed by atoms with van der Waals surface area (Å²) in [4.78, 5) is 31.7. The Kier molecular flexibility index (Phi) is 5.07. The van der Waals surface area contributed by atoms with E-state index in [1.165, 1.54) is 11.3 Å². The molecule has 0 fully saturated rings. The molecule has 1 aliphatic heterocycles. The number of ether oxygens (including phenoxy) is 1. The van der Waals surface area contributed by atoms with Gasteiger partial charge in [-0.1, -0.05) is 23.4 Å². The molecule has 2 amide bonds. The Morgan fingerprint density at radius 3 is 2.93 bits per heavy atom. The minimum atomic E-state index is -0.752. The Balaban J connectivity index is 1.47. The summed E-state index contributed by atoms with van der Waals surface area (Å²) in [6, 6.07) is 11.0. The molecule has 1 aromatic carbocycles. The first-order valence-electron chi connectivity index (χ1n) is 8.80. The van der Waals surface area contributed by atoms with Crippen LogP contribution in [0.1, 0.15) is 12.3 Å². The van der Waals surface area contributed by atoms with Gasteiger partial charge in [0.2, 0.25) is 17.6 Å². The first-order valence-corrected chi connectivity index (χ1v) is 9.68. The van der Waals surface area contributed by atoms with Gasteiger partial charge in [0.25, 0.3) is 5.91 Å². The van der Waals surface area contributed by atoms with Gasteiger partial charge in [-0.15, -0.1) is 11.3 Å². The fourth-order valence-corrected chi connectivity index (χ4v) is 3.63. The number of rotatable bonds is 5. The van der Waals surface area contributed by atoms with Crippen molar-refractivity contribution in [1.29, 1.82) is 0 Å². The van der Waals surface area contributed by atoms with E-state index in [9.17, 15) is 9.59 Å². The number of amides is 2. The Morgan fingerprint density at radius 2 is 2.14 bits per heavy atom. The van der Waals surface area contributed by atoms with Crippen molar-refractivity contribution in [3.63, 3.8) is 0 Å². The van der Waals surface area contributed by atoms with E-state index >= 15 is 0 Å². The number of hydrogen-bond donors (Lipinski definition) is 1. The van der Waals surface area contributed by atoms with Crippen molar-refractivity contribution in [2.24, 2.45) is 0 Å². The van der Waals surface area contributed by atoms with Crippen LogP contribution in [0.15, 0.2) is 46.3 Å². The summed E-state index contributed by atoms with van der Waals surface area (Å²) in [6.07, 6.45) is -0.250. The molecule has 4 rings (SSSR count). The lowest BCUT2D eigenvalue weighted by Gasteiger charge is -2.34. The number of carbonyl (C=O) groups excluding carboxylic acids is 2. The summed E-state index contributed by atoms with van der Waals surface area (Å²) in [5.41, 5.74) is 0.650. The van der Waals surface area contributed by atoms with Gasteiger partial charge in [-0.05, 0) is 23.6 Å². The summed E-state index contributed by atoms with van der Waals surface area (Å²) in [5, 5.41) is 8.46. The van der Waals surface area contributed by atoms with Crippen LogP contribution in [0.3, 0.4) is 0 Å². The second-order valence-corrected chi connectivity index (χ2v) is 7.13. The van der Waals surface area contributed by atoms with Gasteiger partial charge in [0, 0.05) is 19.9 Å². The fraction of sp³-hybridized carbons (Fsp3) is 0.263. The number of para-hydroxylation sites is 2. The molecular weight excluding hydrogens is 380 g/mol. The Bertz CT molecular complexity index is 986. The SMILES string of the molecule is CNC(=O)[C@@H]1CN(C(=O)CCc2nc(-c3cccs3)no2)c2ccccc2O1. The molecule has 0 bridgehead atoms. The quantitative estimate of drug-likeness (QED) is 0.708. The molecule has 0 radical (unpaired) electrons. The monoisotopic (exact) mass is 398 g/mol. The van der Waals surface area contributed by atoms with E-state index in [-0.39, 0.29) is 24.8 Å². The number of nitrogens with zero attached hydrogens (tertiary/aromatic N) is 3. The van der Waals surface area contributed by atoms with Crippen molar-refractivity contribution in [2.45, 2.75) is 18.9 Å². The lowest BCUT2D eigenvalue weighted by atomic mass is 10.1. The van der Waals surface area contributed by atoms with Gasteiger partial charge in [-0.2, -0.15) is 4.98 Å². The van der Waals surface area contributed by atoms with Crippen LogP contribution < -0.4 is 15.0 Å². The zero-order chi connectivity index (χ0) is 19.5. The minimum Gasteiger partial charge on any atom is -0.477 e. The molecule has 3 heterocycles. The molecule has 2 aromatic heterocycles. The minimum absolute atomic E-state index is 0.138. The predicted octanol–water partition coefficient (Wildman–Crippen LogP) is 2.27. The van der Waals surface area contributed by atoms with Crippen LogP contribution in [0, 0.1) is 0 Å². The largest absolute Gasteiger partial charge is 0.477 e. The number of carbonyl (C=O) groups is 2. The topological polar surface area (TPSA) is 97.6 Å². The van der Waals surface area contributed by atoms with Crippen molar-refractivity contribution in [2.75, 3.05) is 18.5 Å². The van der Waals surface area contributed by atoms with Crippen molar-refractivity contribution < 1.29 is 18.8 Å². The van der Waals surface area contributed by atoms with Crippen LogP contribution >= 0.6 is 11.3 Å². The van der Waals surface area contributed by atoms with Gasteiger partial charge in [0.1, 0.15) is 5.75 Å². The van der Waals surface area contributed by atoms with Crippen LogP contribution in [0.2, 0.25) is 0 Å². The van der Waals surface area contributed by atoms with Crippen molar-refractivity contribution in [1.82, 2.24) is 15.5 Å². The lowest BCUT2D eigenvalue weighted by molar-refractivity contribution is -0.127. The third-order valence-electron chi connectivity index (χ3n) is 4.38. The molecule has 1 atom stereocenters. The highest BCUT2D eigenvalue weighted by molar-refractivity contribution is 7.13. The number of nitrogens with one attached hydrogen (secondary N) is 1. The number of likely N-dealkylation sites (N-methyl/N-ethyl adjacent to an activating group) is 1. The van der Waals surface area contributed by atoms with Gasteiger partial charge < -0.3 is 19.5 Å². The number of fused-ring (bicyclic) bond motifs is 1. The van der Waals surface area contributed by atoms with E-state index in [1.54, 1.807) is 30.1 Å². The molecule has 9 heteroatoms. The average molecular weight is 398 g/mol.